The summed E-state index contributed by atoms with van der Waals surface area (Å²) in [5.41, 5.74) is 0.893. The minimum atomic E-state index is -3.26. The fourth-order valence-electron chi connectivity index (χ4n) is 2.26. The number of halogens is 1. The van der Waals surface area contributed by atoms with Gasteiger partial charge >= 0.3 is 0 Å². The van der Waals surface area contributed by atoms with Crippen LogP contribution < -0.4 is 4.72 Å². The minimum absolute atomic E-state index is 0.116. The molecule has 0 spiro atoms. The van der Waals surface area contributed by atoms with Crippen LogP contribution in [0.4, 0.5) is 4.39 Å². The zero-order valence-electron chi connectivity index (χ0n) is 11.4. The number of nitrogens with zero attached hydrogens (tertiary/aromatic N) is 1. The van der Waals surface area contributed by atoms with Crippen LogP contribution in [0, 0.1) is 5.82 Å². The average molecular weight is 302 g/mol. The van der Waals surface area contributed by atoms with Gasteiger partial charge in [0.15, 0.2) is 0 Å². The van der Waals surface area contributed by atoms with Gasteiger partial charge in [0.25, 0.3) is 0 Å². The third-order valence-corrected chi connectivity index (χ3v) is 3.97. The summed E-state index contributed by atoms with van der Waals surface area (Å²) >= 11 is 0. The summed E-state index contributed by atoms with van der Waals surface area (Å²) in [5.74, 6) is -0.300. The Balaban J connectivity index is 2.16. The van der Waals surface area contributed by atoms with Crippen molar-refractivity contribution in [3.8, 4) is 0 Å². The smallest absolute Gasteiger partial charge is 0.208 e. The molecule has 112 valence electrons. The van der Waals surface area contributed by atoms with Gasteiger partial charge in [-0.2, -0.15) is 0 Å². The van der Waals surface area contributed by atoms with Gasteiger partial charge in [0, 0.05) is 25.7 Å². The largest absolute Gasteiger partial charge is 0.379 e. The quantitative estimate of drug-likeness (QED) is 0.872. The van der Waals surface area contributed by atoms with Crippen LogP contribution >= 0.6 is 0 Å². The Morgan fingerprint density at radius 3 is 2.45 bits per heavy atom. The van der Waals surface area contributed by atoms with E-state index < -0.39 is 10.0 Å². The zero-order chi connectivity index (χ0) is 14.6. The molecule has 20 heavy (non-hydrogen) atoms. The molecule has 1 atom stereocenters. The van der Waals surface area contributed by atoms with Gasteiger partial charge in [-0.1, -0.05) is 12.1 Å². The molecule has 0 amide bonds. The van der Waals surface area contributed by atoms with Gasteiger partial charge in [-0.15, -0.1) is 0 Å². The Bertz CT molecular complexity index is 527. The molecule has 0 saturated carbocycles. The molecule has 0 aromatic heterocycles. The number of morpholine rings is 1. The van der Waals surface area contributed by atoms with E-state index in [2.05, 4.69) is 9.62 Å². The van der Waals surface area contributed by atoms with Crippen molar-refractivity contribution >= 4 is 10.0 Å². The molecule has 1 saturated heterocycles. The van der Waals surface area contributed by atoms with E-state index in [9.17, 15) is 12.8 Å². The number of rotatable bonds is 5. The summed E-state index contributed by atoms with van der Waals surface area (Å²) in [7, 11) is -3.26. The second kappa shape index (κ2) is 6.62. The highest BCUT2D eigenvalue weighted by molar-refractivity contribution is 7.88. The first-order chi connectivity index (χ1) is 9.46. The third-order valence-electron chi connectivity index (χ3n) is 3.28. The number of hydrogen-bond acceptors (Lipinski definition) is 4. The van der Waals surface area contributed by atoms with Gasteiger partial charge in [0.1, 0.15) is 5.82 Å². The van der Waals surface area contributed by atoms with E-state index in [1.165, 1.54) is 12.1 Å². The molecule has 1 aromatic rings. The van der Waals surface area contributed by atoms with Crippen molar-refractivity contribution in [3.05, 3.63) is 35.6 Å². The summed E-state index contributed by atoms with van der Waals surface area (Å²) in [6.45, 7) is 2.97. The van der Waals surface area contributed by atoms with Crippen LogP contribution in [0.1, 0.15) is 11.6 Å². The van der Waals surface area contributed by atoms with Gasteiger partial charge in [-0.25, -0.2) is 17.5 Å². The van der Waals surface area contributed by atoms with Crippen LogP contribution in [0.15, 0.2) is 24.3 Å². The summed E-state index contributed by atoms with van der Waals surface area (Å²) in [6.07, 6.45) is 1.13. The number of ether oxygens (including phenoxy) is 1. The van der Waals surface area contributed by atoms with E-state index in [0.29, 0.717) is 13.2 Å². The molecule has 0 radical (unpaired) electrons. The number of nitrogens with one attached hydrogen (secondary N) is 1. The maximum Gasteiger partial charge on any atom is 0.208 e. The molecular formula is C13H19FN2O3S. The Morgan fingerprint density at radius 1 is 1.30 bits per heavy atom. The van der Waals surface area contributed by atoms with Gasteiger partial charge in [-0.05, 0) is 17.7 Å². The zero-order valence-corrected chi connectivity index (χ0v) is 12.2. The maximum atomic E-state index is 13.0. The van der Waals surface area contributed by atoms with E-state index >= 15 is 0 Å². The fourth-order valence-corrected chi connectivity index (χ4v) is 2.72. The van der Waals surface area contributed by atoms with E-state index in [1.54, 1.807) is 12.1 Å². The lowest BCUT2D eigenvalue weighted by atomic mass is 10.0. The highest BCUT2D eigenvalue weighted by Crippen LogP contribution is 2.21. The lowest BCUT2D eigenvalue weighted by molar-refractivity contribution is 0.0172. The van der Waals surface area contributed by atoms with Crippen molar-refractivity contribution in [2.75, 3.05) is 39.1 Å². The maximum absolute atomic E-state index is 13.0. The van der Waals surface area contributed by atoms with E-state index in [1.807, 2.05) is 0 Å². The molecule has 0 aliphatic carbocycles. The first-order valence-electron chi connectivity index (χ1n) is 6.47. The van der Waals surface area contributed by atoms with Gasteiger partial charge in [0.2, 0.25) is 10.0 Å². The lowest BCUT2D eigenvalue weighted by Gasteiger charge is -2.34. The highest BCUT2D eigenvalue weighted by atomic mass is 32.2. The molecule has 1 heterocycles. The molecule has 1 aromatic carbocycles. The molecule has 1 fully saturated rings. The average Bonchev–Trinajstić information content (AvgIpc) is 2.41. The van der Waals surface area contributed by atoms with Crippen LogP contribution in [0.25, 0.3) is 0 Å². The fraction of sp³-hybridized carbons (Fsp3) is 0.538. The van der Waals surface area contributed by atoms with Crippen molar-refractivity contribution in [1.82, 2.24) is 9.62 Å². The van der Waals surface area contributed by atoms with Crippen molar-refractivity contribution in [1.29, 1.82) is 0 Å². The van der Waals surface area contributed by atoms with Crippen LogP contribution in [0.2, 0.25) is 0 Å². The van der Waals surface area contributed by atoms with Crippen molar-refractivity contribution < 1.29 is 17.5 Å². The van der Waals surface area contributed by atoms with E-state index in [4.69, 9.17) is 4.74 Å². The van der Waals surface area contributed by atoms with Crippen LogP contribution in [-0.2, 0) is 14.8 Å². The molecule has 1 N–H and O–H groups in total. The minimum Gasteiger partial charge on any atom is -0.379 e. The molecule has 2 rings (SSSR count). The van der Waals surface area contributed by atoms with Gasteiger partial charge < -0.3 is 4.74 Å². The third kappa shape index (κ3) is 4.52. The highest BCUT2D eigenvalue weighted by Gasteiger charge is 2.23. The molecule has 0 bridgehead atoms. The number of sulfonamides is 1. The van der Waals surface area contributed by atoms with E-state index in [-0.39, 0.29) is 18.4 Å². The number of hydrogen-bond donors (Lipinski definition) is 1. The Morgan fingerprint density at radius 2 is 1.90 bits per heavy atom. The van der Waals surface area contributed by atoms with E-state index in [0.717, 1.165) is 24.9 Å². The predicted octanol–water partition coefficient (Wildman–Crippen LogP) is 0.748. The van der Waals surface area contributed by atoms with Crippen molar-refractivity contribution in [2.24, 2.45) is 0 Å². The summed E-state index contributed by atoms with van der Waals surface area (Å²) in [6, 6.07) is 6.06. The Hall–Kier alpha value is -1.02. The molecule has 1 unspecified atom stereocenters. The first-order valence-corrected chi connectivity index (χ1v) is 8.37. The predicted molar refractivity (Wildman–Crippen MR) is 74.4 cm³/mol. The molecule has 1 aliphatic rings. The van der Waals surface area contributed by atoms with Crippen LogP contribution in [0.5, 0.6) is 0 Å². The van der Waals surface area contributed by atoms with Gasteiger partial charge in [-0.3, -0.25) is 4.90 Å². The summed E-state index contributed by atoms with van der Waals surface area (Å²) in [5, 5.41) is 0. The second-order valence-electron chi connectivity index (χ2n) is 4.84. The van der Waals surface area contributed by atoms with Gasteiger partial charge in [0.05, 0.1) is 19.5 Å². The molecule has 1 aliphatic heterocycles. The topological polar surface area (TPSA) is 58.6 Å². The van der Waals surface area contributed by atoms with Crippen molar-refractivity contribution in [2.45, 2.75) is 6.04 Å². The standard InChI is InChI=1S/C13H19FN2O3S/c1-20(17,18)15-10-13(16-6-8-19-9-7-16)11-2-4-12(14)5-3-11/h2-5,13,15H,6-10H2,1H3. The first kappa shape index (κ1) is 15.4. The molecule has 7 heteroatoms. The Labute approximate surface area is 118 Å². The normalized spacial score (nSPS) is 18.9. The summed E-state index contributed by atoms with van der Waals surface area (Å²) < 4.78 is 43.4. The van der Waals surface area contributed by atoms with Crippen LogP contribution in [-0.4, -0.2) is 52.4 Å². The second-order valence-corrected chi connectivity index (χ2v) is 6.67. The monoisotopic (exact) mass is 302 g/mol. The molecule has 5 nitrogen and oxygen atoms in total. The number of benzene rings is 1. The molecular weight excluding hydrogens is 283 g/mol. The SMILES string of the molecule is CS(=O)(=O)NCC(c1ccc(F)cc1)N1CCOCC1. The van der Waals surface area contributed by atoms with Crippen LogP contribution in [0.3, 0.4) is 0 Å². The van der Waals surface area contributed by atoms with Crippen molar-refractivity contribution in [3.63, 3.8) is 0 Å². The lowest BCUT2D eigenvalue weighted by Crippen LogP contribution is -2.43. The summed E-state index contributed by atoms with van der Waals surface area (Å²) in [4.78, 5) is 2.15. The Kier molecular flexibility index (Phi) is 5.09.